The number of rotatable bonds is 5. The number of ether oxygens (including phenoxy) is 1. The van der Waals surface area contributed by atoms with E-state index in [0.717, 1.165) is 42.6 Å². The van der Waals surface area contributed by atoms with Crippen molar-refractivity contribution in [3.05, 3.63) is 88.9 Å². The second kappa shape index (κ2) is 8.50. The van der Waals surface area contributed by atoms with E-state index in [1.54, 1.807) is 18.4 Å². The summed E-state index contributed by atoms with van der Waals surface area (Å²) in [4.78, 5) is 10.5. The summed E-state index contributed by atoms with van der Waals surface area (Å²) in [5.74, 6) is 0.828. The first kappa shape index (κ1) is 18.6. The highest BCUT2D eigenvalue weighted by atomic mass is 79.9. The normalized spacial score (nSPS) is 11.1. The lowest BCUT2D eigenvalue weighted by atomic mass is 10.1. The minimum Gasteiger partial charge on any atom is -0.497 e. The number of hydrogen-bond donors (Lipinski definition) is 0. The first-order valence-electron chi connectivity index (χ1n) is 8.73. The first-order valence-corrected chi connectivity index (χ1v) is 10.3. The summed E-state index contributed by atoms with van der Waals surface area (Å²) in [6.07, 6.45) is 1.85. The molecule has 0 aliphatic carbocycles. The van der Waals surface area contributed by atoms with Crippen molar-refractivity contribution < 1.29 is 4.74 Å². The number of benzene rings is 3. The van der Waals surface area contributed by atoms with Gasteiger partial charge in [-0.15, -0.1) is 0 Å². The van der Waals surface area contributed by atoms with Crippen LogP contribution in [0.15, 0.2) is 88.3 Å². The number of thiazole rings is 1. The Morgan fingerprint density at radius 2 is 1.61 bits per heavy atom. The van der Waals surface area contributed by atoms with Crippen LogP contribution in [0.5, 0.6) is 5.75 Å². The van der Waals surface area contributed by atoms with E-state index >= 15 is 0 Å². The lowest BCUT2D eigenvalue weighted by molar-refractivity contribution is 0.415. The highest BCUT2D eigenvalue weighted by Gasteiger charge is 2.14. The number of hydrogen-bond acceptors (Lipinski definition) is 4. The highest BCUT2D eigenvalue weighted by molar-refractivity contribution is 9.10. The van der Waals surface area contributed by atoms with E-state index in [9.17, 15) is 0 Å². The van der Waals surface area contributed by atoms with Crippen LogP contribution in [0.2, 0.25) is 0 Å². The molecule has 0 aliphatic heterocycles. The monoisotopic (exact) mass is 448 g/mol. The fourth-order valence-electron chi connectivity index (χ4n) is 2.77. The molecule has 1 heterocycles. The smallest absolute Gasteiger partial charge is 0.210 e. The molecule has 0 N–H and O–H groups in total. The molecule has 28 heavy (non-hydrogen) atoms. The van der Waals surface area contributed by atoms with E-state index in [1.165, 1.54) is 0 Å². The van der Waals surface area contributed by atoms with Crippen molar-refractivity contribution in [2.45, 2.75) is 0 Å². The number of aromatic nitrogens is 1. The molecular weight excluding hydrogens is 432 g/mol. The standard InChI is InChI=1S/C23H17BrN2OS/c1-27-20-13-9-17(10-14-20)21-22(18-5-3-2-4-6-18)28-23(26-21)25-15-16-7-11-19(24)12-8-16/h2-15H,1H3. The van der Waals surface area contributed by atoms with Crippen LogP contribution < -0.4 is 4.74 Å². The Bertz CT molecular complexity index is 1090. The van der Waals surface area contributed by atoms with Crippen molar-refractivity contribution in [2.75, 3.05) is 7.11 Å². The van der Waals surface area contributed by atoms with Gasteiger partial charge >= 0.3 is 0 Å². The van der Waals surface area contributed by atoms with Crippen molar-refractivity contribution in [3.63, 3.8) is 0 Å². The molecule has 138 valence electrons. The van der Waals surface area contributed by atoms with Crippen molar-refractivity contribution in [3.8, 4) is 27.4 Å². The van der Waals surface area contributed by atoms with Gasteiger partial charge in [-0.2, -0.15) is 0 Å². The highest BCUT2D eigenvalue weighted by Crippen LogP contribution is 2.40. The average molecular weight is 449 g/mol. The van der Waals surface area contributed by atoms with E-state index in [-0.39, 0.29) is 0 Å². The van der Waals surface area contributed by atoms with Gasteiger partial charge in [-0.1, -0.05) is 69.7 Å². The molecule has 0 atom stereocenters. The molecule has 3 nitrogen and oxygen atoms in total. The van der Waals surface area contributed by atoms with Crippen LogP contribution in [-0.2, 0) is 0 Å². The molecule has 5 heteroatoms. The molecule has 0 saturated heterocycles. The summed E-state index contributed by atoms with van der Waals surface area (Å²) in [6, 6.07) is 26.3. The third-order valence-corrected chi connectivity index (χ3v) is 5.75. The van der Waals surface area contributed by atoms with Crippen LogP contribution in [0, 0.1) is 0 Å². The molecule has 4 aromatic rings. The number of halogens is 1. The Morgan fingerprint density at radius 3 is 2.29 bits per heavy atom. The second-order valence-corrected chi connectivity index (χ2v) is 7.97. The van der Waals surface area contributed by atoms with Crippen LogP contribution in [0.4, 0.5) is 5.13 Å². The Morgan fingerprint density at radius 1 is 0.893 bits per heavy atom. The van der Waals surface area contributed by atoms with Gasteiger partial charge in [0.1, 0.15) is 5.75 Å². The van der Waals surface area contributed by atoms with Gasteiger partial charge in [0.25, 0.3) is 0 Å². The van der Waals surface area contributed by atoms with Crippen molar-refractivity contribution >= 4 is 38.6 Å². The second-order valence-electron chi connectivity index (χ2n) is 6.08. The molecule has 0 aliphatic rings. The largest absolute Gasteiger partial charge is 0.497 e. The lowest BCUT2D eigenvalue weighted by Crippen LogP contribution is -1.85. The summed E-state index contributed by atoms with van der Waals surface area (Å²) >= 11 is 5.04. The molecule has 0 bridgehead atoms. The quantitative estimate of drug-likeness (QED) is 0.308. The minimum atomic E-state index is 0.729. The molecule has 3 aromatic carbocycles. The zero-order valence-corrected chi connectivity index (χ0v) is 17.6. The van der Waals surface area contributed by atoms with Crippen LogP contribution in [0.1, 0.15) is 5.56 Å². The molecule has 4 rings (SSSR count). The molecular formula is C23H17BrN2OS. The van der Waals surface area contributed by atoms with E-state index in [2.05, 4.69) is 33.1 Å². The Labute approximate surface area is 176 Å². The minimum absolute atomic E-state index is 0.729. The third-order valence-electron chi connectivity index (χ3n) is 4.21. The number of methoxy groups -OCH3 is 1. The van der Waals surface area contributed by atoms with Gasteiger partial charge in [0.2, 0.25) is 5.13 Å². The van der Waals surface area contributed by atoms with Gasteiger partial charge in [0.05, 0.1) is 17.7 Å². The molecule has 0 unspecified atom stereocenters. The summed E-state index contributed by atoms with van der Waals surface area (Å²) in [5.41, 5.74) is 4.14. The predicted octanol–water partition coefficient (Wildman–Crippen LogP) is 7.00. The molecule has 0 fully saturated rings. The van der Waals surface area contributed by atoms with Crippen LogP contribution in [-0.4, -0.2) is 18.3 Å². The summed E-state index contributed by atoms with van der Waals surface area (Å²) in [6.45, 7) is 0. The number of aliphatic imine (C=N–C) groups is 1. The van der Waals surface area contributed by atoms with Gasteiger partial charge in [0, 0.05) is 16.3 Å². The van der Waals surface area contributed by atoms with Crippen molar-refractivity contribution in [1.82, 2.24) is 4.98 Å². The Hall–Kier alpha value is -2.76. The Balaban J connectivity index is 1.74. The fourth-order valence-corrected chi connectivity index (χ4v) is 3.98. The maximum absolute atomic E-state index is 5.28. The first-order chi connectivity index (χ1) is 13.7. The predicted molar refractivity (Wildman–Crippen MR) is 121 cm³/mol. The van der Waals surface area contributed by atoms with Gasteiger partial charge in [0.15, 0.2) is 0 Å². The number of nitrogens with zero attached hydrogens (tertiary/aromatic N) is 2. The van der Waals surface area contributed by atoms with E-state index in [4.69, 9.17) is 9.72 Å². The van der Waals surface area contributed by atoms with Gasteiger partial charge in [-0.25, -0.2) is 9.98 Å². The summed E-state index contributed by atoms with van der Waals surface area (Å²) in [5, 5.41) is 0.729. The van der Waals surface area contributed by atoms with Crippen molar-refractivity contribution in [1.29, 1.82) is 0 Å². The SMILES string of the molecule is COc1ccc(-c2nc(N=Cc3ccc(Br)cc3)sc2-c2ccccc2)cc1. The van der Waals surface area contributed by atoms with Crippen LogP contribution in [0.3, 0.4) is 0 Å². The van der Waals surface area contributed by atoms with Gasteiger partial charge < -0.3 is 4.74 Å². The topological polar surface area (TPSA) is 34.5 Å². The fraction of sp³-hybridized carbons (Fsp3) is 0.0435. The molecule has 0 spiro atoms. The lowest BCUT2D eigenvalue weighted by Gasteiger charge is -2.04. The van der Waals surface area contributed by atoms with E-state index in [1.807, 2.05) is 72.9 Å². The molecule has 0 radical (unpaired) electrons. The van der Waals surface area contributed by atoms with Crippen LogP contribution in [0.25, 0.3) is 21.7 Å². The summed E-state index contributed by atoms with van der Waals surface area (Å²) < 4.78 is 6.32. The van der Waals surface area contributed by atoms with Gasteiger partial charge in [-0.3, -0.25) is 0 Å². The van der Waals surface area contributed by atoms with Crippen molar-refractivity contribution in [2.24, 2.45) is 4.99 Å². The molecule has 0 amide bonds. The maximum Gasteiger partial charge on any atom is 0.210 e. The zero-order chi connectivity index (χ0) is 19.3. The Kier molecular flexibility index (Phi) is 5.65. The van der Waals surface area contributed by atoms with E-state index < -0.39 is 0 Å². The van der Waals surface area contributed by atoms with Gasteiger partial charge in [-0.05, 0) is 47.5 Å². The maximum atomic E-state index is 5.28. The summed E-state index contributed by atoms with van der Waals surface area (Å²) in [7, 11) is 1.67. The average Bonchev–Trinajstić information content (AvgIpc) is 3.18. The molecule has 0 saturated carbocycles. The molecule has 1 aromatic heterocycles. The zero-order valence-electron chi connectivity index (χ0n) is 15.2. The van der Waals surface area contributed by atoms with E-state index in [0.29, 0.717) is 0 Å². The third kappa shape index (κ3) is 4.21. The van der Waals surface area contributed by atoms with Crippen LogP contribution >= 0.6 is 27.3 Å².